The molecule has 4 rings (SSSR count). The summed E-state index contributed by atoms with van der Waals surface area (Å²) in [6.07, 6.45) is 1.42. The summed E-state index contributed by atoms with van der Waals surface area (Å²) in [5, 5.41) is 15.7. The summed E-state index contributed by atoms with van der Waals surface area (Å²) in [6, 6.07) is 11.9. The van der Waals surface area contributed by atoms with Crippen molar-refractivity contribution in [2.24, 2.45) is 0 Å². The van der Waals surface area contributed by atoms with Gasteiger partial charge >= 0.3 is 0 Å². The molecule has 0 bridgehead atoms. The summed E-state index contributed by atoms with van der Waals surface area (Å²) in [4.78, 5) is 20.2. The van der Waals surface area contributed by atoms with Gasteiger partial charge in [-0.25, -0.2) is 9.37 Å². The summed E-state index contributed by atoms with van der Waals surface area (Å²) in [7, 11) is 1.57. The number of aromatic amines is 1. The minimum atomic E-state index is -0.470. The Hall–Kier alpha value is -3.98. The van der Waals surface area contributed by atoms with E-state index in [1.54, 1.807) is 43.4 Å². The van der Waals surface area contributed by atoms with Gasteiger partial charge in [-0.2, -0.15) is 10.1 Å². The number of hydrogen-bond acceptors (Lipinski definition) is 6. The highest BCUT2D eigenvalue weighted by molar-refractivity contribution is 6.32. The van der Waals surface area contributed by atoms with Crippen LogP contribution in [0.3, 0.4) is 0 Å². The molecular weight excluding hydrogens is 445 g/mol. The minimum Gasteiger partial charge on any atom is -0.355 e. The molecule has 2 aromatic heterocycles. The molecule has 4 N–H and O–H groups in total. The second-order valence-electron chi connectivity index (χ2n) is 7.38. The van der Waals surface area contributed by atoms with E-state index in [0.29, 0.717) is 22.2 Å². The Bertz CT molecular complexity index is 1320. The fourth-order valence-corrected chi connectivity index (χ4v) is 3.41. The van der Waals surface area contributed by atoms with E-state index in [1.165, 1.54) is 12.3 Å². The molecule has 0 aliphatic heterocycles. The summed E-state index contributed by atoms with van der Waals surface area (Å²) < 4.78 is 15.0. The van der Waals surface area contributed by atoms with E-state index >= 15 is 0 Å². The first-order valence-electron chi connectivity index (χ1n) is 10.1. The number of halogens is 2. The number of nitrogens with zero attached hydrogens (tertiary/aromatic N) is 3. The Morgan fingerprint density at radius 2 is 1.85 bits per heavy atom. The van der Waals surface area contributed by atoms with Gasteiger partial charge in [-0.1, -0.05) is 23.7 Å². The predicted molar refractivity (Wildman–Crippen MR) is 127 cm³/mol. The molecule has 4 aromatic rings. The number of nitrogens with one attached hydrogen (secondary N) is 4. The molecule has 0 radical (unpaired) electrons. The van der Waals surface area contributed by atoms with Crippen molar-refractivity contribution in [2.45, 2.75) is 13.8 Å². The van der Waals surface area contributed by atoms with Gasteiger partial charge in [0.2, 0.25) is 5.95 Å². The number of amides is 1. The van der Waals surface area contributed by atoms with Crippen LogP contribution < -0.4 is 16.0 Å². The van der Waals surface area contributed by atoms with Crippen LogP contribution in [0.5, 0.6) is 0 Å². The molecular formula is C23H21ClFN7O. The van der Waals surface area contributed by atoms with Gasteiger partial charge < -0.3 is 16.0 Å². The largest absolute Gasteiger partial charge is 0.355 e. The normalized spacial score (nSPS) is 10.7. The molecule has 2 heterocycles. The van der Waals surface area contributed by atoms with Crippen LogP contribution in [0, 0.1) is 19.7 Å². The summed E-state index contributed by atoms with van der Waals surface area (Å²) in [5.74, 6) is 0.416. The van der Waals surface area contributed by atoms with Crippen LogP contribution in [0.15, 0.2) is 48.7 Å². The molecule has 0 spiro atoms. The fourth-order valence-electron chi connectivity index (χ4n) is 3.27. The third kappa shape index (κ3) is 4.93. The van der Waals surface area contributed by atoms with Gasteiger partial charge in [-0.05, 0) is 54.8 Å². The molecule has 0 atom stereocenters. The lowest BCUT2D eigenvalue weighted by Gasteiger charge is -2.13. The van der Waals surface area contributed by atoms with E-state index in [2.05, 4.69) is 36.1 Å². The summed E-state index contributed by atoms with van der Waals surface area (Å²) in [5.41, 5.74) is 3.99. The van der Waals surface area contributed by atoms with Crippen molar-refractivity contribution in [3.05, 3.63) is 76.3 Å². The second-order valence-corrected chi connectivity index (χ2v) is 7.79. The van der Waals surface area contributed by atoms with Crippen LogP contribution >= 0.6 is 11.6 Å². The molecule has 168 valence electrons. The van der Waals surface area contributed by atoms with Gasteiger partial charge in [0.15, 0.2) is 11.6 Å². The van der Waals surface area contributed by atoms with Crippen molar-refractivity contribution in [3.63, 3.8) is 0 Å². The smallest absolute Gasteiger partial charge is 0.251 e. The van der Waals surface area contributed by atoms with Crippen LogP contribution in [-0.4, -0.2) is 33.1 Å². The lowest BCUT2D eigenvalue weighted by molar-refractivity contribution is 0.0963. The van der Waals surface area contributed by atoms with Gasteiger partial charge in [0.05, 0.1) is 11.9 Å². The van der Waals surface area contributed by atoms with E-state index in [-0.39, 0.29) is 17.5 Å². The zero-order chi connectivity index (χ0) is 23.5. The summed E-state index contributed by atoms with van der Waals surface area (Å²) in [6.45, 7) is 3.75. The fraction of sp³-hybridized carbons (Fsp3) is 0.130. The highest BCUT2D eigenvalue weighted by atomic mass is 35.5. The van der Waals surface area contributed by atoms with Gasteiger partial charge in [0, 0.05) is 24.4 Å². The van der Waals surface area contributed by atoms with Crippen molar-refractivity contribution >= 4 is 40.8 Å². The van der Waals surface area contributed by atoms with Crippen molar-refractivity contribution < 1.29 is 9.18 Å². The predicted octanol–water partition coefficient (Wildman–Crippen LogP) is 5.12. The quantitative estimate of drug-likeness (QED) is 0.314. The van der Waals surface area contributed by atoms with Crippen molar-refractivity contribution in [2.75, 3.05) is 17.7 Å². The summed E-state index contributed by atoms with van der Waals surface area (Å²) >= 11 is 6.19. The second kappa shape index (κ2) is 9.25. The monoisotopic (exact) mass is 465 g/mol. The molecule has 10 heteroatoms. The highest BCUT2D eigenvalue weighted by Crippen LogP contribution is 2.31. The molecule has 0 saturated heterocycles. The third-order valence-corrected chi connectivity index (χ3v) is 5.22. The maximum absolute atomic E-state index is 15.0. The SMILES string of the molecule is CNC(=O)c1ccc(-c2cc(F)c(Nc3ncc(Cl)c(Nc4cc(C)[nH]n4)n3)cc2C)cc1. The van der Waals surface area contributed by atoms with E-state index in [1.807, 2.05) is 13.8 Å². The number of H-pyrrole nitrogens is 1. The molecule has 0 saturated carbocycles. The minimum absolute atomic E-state index is 0.176. The van der Waals surface area contributed by atoms with Crippen molar-refractivity contribution in [3.8, 4) is 11.1 Å². The van der Waals surface area contributed by atoms with E-state index in [0.717, 1.165) is 22.4 Å². The van der Waals surface area contributed by atoms with Gasteiger partial charge in [0.25, 0.3) is 5.91 Å². The Labute approximate surface area is 194 Å². The highest BCUT2D eigenvalue weighted by Gasteiger charge is 2.13. The zero-order valence-electron chi connectivity index (χ0n) is 18.1. The van der Waals surface area contributed by atoms with Crippen LogP contribution in [0.4, 0.5) is 27.7 Å². The van der Waals surface area contributed by atoms with Crippen LogP contribution in [-0.2, 0) is 0 Å². The lowest BCUT2D eigenvalue weighted by Crippen LogP contribution is -2.17. The number of carbonyl (C=O) groups is 1. The Morgan fingerprint density at radius 3 is 2.52 bits per heavy atom. The average molecular weight is 466 g/mol. The number of aromatic nitrogens is 4. The van der Waals surface area contributed by atoms with Crippen LogP contribution in [0.1, 0.15) is 21.6 Å². The number of anilines is 4. The molecule has 33 heavy (non-hydrogen) atoms. The van der Waals surface area contributed by atoms with Gasteiger partial charge in [0.1, 0.15) is 10.8 Å². The van der Waals surface area contributed by atoms with Crippen molar-refractivity contribution in [1.82, 2.24) is 25.5 Å². The van der Waals surface area contributed by atoms with Crippen molar-refractivity contribution in [1.29, 1.82) is 0 Å². The Kier molecular flexibility index (Phi) is 6.23. The molecule has 0 unspecified atom stereocenters. The maximum atomic E-state index is 15.0. The van der Waals surface area contributed by atoms with Gasteiger partial charge in [-0.15, -0.1) is 0 Å². The maximum Gasteiger partial charge on any atom is 0.251 e. The van der Waals surface area contributed by atoms with Crippen LogP contribution in [0.2, 0.25) is 5.02 Å². The lowest BCUT2D eigenvalue weighted by atomic mass is 9.98. The van der Waals surface area contributed by atoms with Crippen LogP contribution in [0.25, 0.3) is 11.1 Å². The average Bonchev–Trinajstić information content (AvgIpc) is 3.22. The molecule has 8 nitrogen and oxygen atoms in total. The Morgan fingerprint density at radius 1 is 1.09 bits per heavy atom. The first-order valence-corrected chi connectivity index (χ1v) is 10.4. The van der Waals surface area contributed by atoms with E-state index in [4.69, 9.17) is 11.6 Å². The van der Waals surface area contributed by atoms with E-state index in [9.17, 15) is 9.18 Å². The topological polar surface area (TPSA) is 108 Å². The first-order chi connectivity index (χ1) is 15.8. The molecule has 0 aliphatic rings. The zero-order valence-corrected chi connectivity index (χ0v) is 18.9. The molecule has 2 aromatic carbocycles. The number of benzene rings is 2. The number of carbonyl (C=O) groups excluding carboxylic acids is 1. The number of hydrogen-bond donors (Lipinski definition) is 4. The first kappa shape index (κ1) is 22.2. The third-order valence-electron chi connectivity index (χ3n) is 4.94. The standard InChI is InChI=1S/C23H21ClFN7O/c1-12-8-19(18(25)10-16(12)14-4-6-15(7-5-14)22(33)26-3)28-23-27-11-17(24)21(30-23)29-20-9-13(2)31-32-20/h4-11H,1-3H3,(H,26,33)(H3,27,28,29,30,31,32). The number of rotatable bonds is 6. The molecule has 1 amide bonds. The van der Waals surface area contributed by atoms with Gasteiger partial charge in [-0.3, -0.25) is 9.89 Å². The molecule has 0 fully saturated rings. The van der Waals surface area contributed by atoms with E-state index < -0.39 is 5.82 Å². The number of aryl methyl sites for hydroxylation is 2. The molecule has 0 aliphatic carbocycles. The Balaban J connectivity index is 1.57.